The van der Waals surface area contributed by atoms with Crippen molar-refractivity contribution in [1.29, 1.82) is 0 Å². The summed E-state index contributed by atoms with van der Waals surface area (Å²) in [5, 5.41) is 4.19. The Hall–Kier alpha value is -1.27. The molecule has 0 saturated heterocycles. The molecule has 12 heavy (non-hydrogen) atoms. The van der Waals surface area contributed by atoms with Gasteiger partial charge in [0.25, 0.3) is 0 Å². The van der Waals surface area contributed by atoms with E-state index in [-0.39, 0.29) is 0 Å². The molecule has 1 aromatic heterocycles. The molecule has 0 spiro atoms. The molecule has 0 radical (unpaired) electrons. The van der Waals surface area contributed by atoms with Crippen LogP contribution in [-0.4, -0.2) is 9.78 Å². The molecule has 0 unspecified atom stereocenters. The van der Waals surface area contributed by atoms with Gasteiger partial charge >= 0.3 is 0 Å². The van der Waals surface area contributed by atoms with Crippen molar-refractivity contribution in [2.75, 3.05) is 0 Å². The standard InChI is InChI=1S/C10H14N2/c1-5-9(4)12-7-10(6-11-12)8(2)3/h6-8H,1H2,2-4H3. The molecule has 0 aliphatic heterocycles. The Kier molecular flexibility index (Phi) is 2.51. The van der Waals surface area contributed by atoms with E-state index in [1.54, 1.807) is 4.68 Å². The third kappa shape index (κ3) is 1.66. The normalized spacial score (nSPS) is 10.0. The van der Waals surface area contributed by atoms with Crippen molar-refractivity contribution < 1.29 is 0 Å². The molecule has 0 aromatic carbocycles. The fourth-order valence-electron chi connectivity index (χ4n) is 0.899. The number of rotatable bonds is 2. The molecule has 1 aromatic rings. The second-order valence-corrected chi connectivity index (χ2v) is 3.14. The topological polar surface area (TPSA) is 17.8 Å². The van der Waals surface area contributed by atoms with Gasteiger partial charge in [0.1, 0.15) is 0 Å². The maximum atomic E-state index is 4.19. The first-order chi connectivity index (χ1) is 5.65. The van der Waals surface area contributed by atoms with E-state index in [0.717, 1.165) is 5.70 Å². The zero-order chi connectivity index (χ0) is 9.14. The lowest BCUT2D eigenvalue weighted by atomic mass is 10.1. The van der Waals surface area contributed by atoms with Crippen molar-refractivity contribution in [2.24, 2.45) is 0 Å². The highest BCUT2D eigenvalue weighted by Crippen LogP contribution is 2.13. The van der Waals surface area contributed by atoms with Gasteiger partial charge in [-0.25, -0.2) is 4.68 Å². The third-order valence-electron chi connectivity index (χ3n) is 1.87. The molecule has 1 heterocycles. The van der Waals surface area contributed by atoms with Gasteiger partial charge in [-0.15, -0.1) is 5.73 Å². The summed E-state index contributed by atoms with van der Waals surface area (Å²) < 4.78 is 1.79. The average molecular weight is 162 g/mol. The zero-order valence-corrected chi connectivity index (χ0v) is 7.83. The van der Waals surface area contributed by atoms with Crippen LogP contribution in [0, 0.1) is 0 Å². The van der Waals surface area contributed by atoms with Crippen LogP contribution in [0.5, 0.6) is 0 Å². The van der Waals surface area contributed by atoms with Gasteiger partial charge in [0.05, 0.1) is 11.9 Å². The molecular weight excluding hydrogens is 148 g/mol. The van der Waals surface area contributed by atoms with Crippen LogP contribution < -0.4 is 0 Å². The Balaban J connectivity index is 2.99. The van der Waals surface area contributed by atoms with E-state index >= 15 is 0 Å². The summed E-state index contributed by atoms with van der Waals surface area (Å²) in [5.41, 5.74) is 4.97. The van der Waals surface area contributed by atoms with Crippen LogP contribution in [0.1, 0.15) is 32.3 Å². The lowest BCUT2D eigenvalue weighted by molar-refractivity contribution is 0.862. The predicted octanol–water partition coefficient (Wildman–Crippen LogP) is 2.65. The number of hydrogen-bond donors (Lipinski definition) is 0. The quantitative estimate of drug-likeness (QED) is 0.611. The van der Waals surface area contributed by atoms with Crippen molar-refractivity contribution in [1.82, 2.24) is 9.78 Å². The van der Waals surface area contributed by atoms with Gasteiger partial charge in [0, 0.05) is 6.20 Å². The molecule has 64 valence electrons. The number of hydrogen-bond acceptors (Lipinski definition) is 1. The van der Waals surface area contributed by atoms with Crippen LogP contribution in [0.2, 0.25) is 0 Å². The Bertz CT molecular complexity index is 314. The minimum Gasteiger partial charge on any atom is -0.237 e. The predicted molar refractivity (Wildman–Crippen MR) is 50.8 cm³/mol. The summed E-state index contributed by atoms with van der Waals surface area (Å²) in [4.78, 5) is 0. The van der Waals surface area contributed by atoms with Crippen LogP contribution in [0.3, 0.4) is 0 Å². The van der Waals surface area contributed by atoms with E-state index in [9.17, 15) is 0 Å². The number of nitrogens with zero attached hydrogens (tertiary/aromatic N) is 2. The molecule has 0 saturated carbocycles. The molecule has 2 heteroatoms. The molecule has 0 amide bonds. The van der Waals surface area contributed by atoms with Gasteiger partial charge in [-0.05, 0) is 18.4 Å². The zero-order valence-electron chi connectivity index (χ0n) is 7.83. The molecule has 2 nitrogen and oxygen atoms in total. The van der Waals surface area contributed by atoms with E-state index in [2.05, 4.69) is 31.3 Å². The van der Waals surface area contributed by atoms with Crippen LogP contribution in [0.4, 0.5) is 0 Å². The van der Waals surface area contributed by atoms with Crippen molar-refractivity contribution in [2.45, 2.75) is 26.7 Å². The largest absolute Gasteiger partial charge is 0.237 e. The Morgan fingerprint density at radius 2 is 2.33 bits per heavy atom. The van der Waals surface area contributed by atoms with Crippen molar-refractivity contribution in [3.8, 4) is 0 Å². The first kappa shape index (κ1) is 8.82. The molecular formula is C10H14N2. The van der Waals surface area contributed by atoms with Gasteiger partial charge in [-0.1, -0.05) is 20.4 Å². The minimum absolute atomic E-state index is 0.524. The Labute approximate surface area is 73.2 Å². The lowest BCUT2D eigenvalue weighted by Crippen LogP contribution is -1.91. The fraction of sp³-hybridized carbons (Fsp3) is 0.400. The molecule has 0 N–H and O–H groups in total. The molecule has 1 rings (SSSR count). The first-order valence-electron chi connectivity index (χ1n) is 4.06. The SMILES string of the molecule is C=C=C(C)n1cc(C(C)C)cn1. The van der Waals surface area contributed by atoms with Crippen molar-refractivity contribution in [3.63, 3.8) is 0 Å². The van der Waals surface area contributed by atoms with Gasteiger partial charge in [-0.3, -0.25) is 0 Å². The van der Waals surface area contributed by atoms with E-state index in [1.807, 2.05) is 19.3 Å². The van der Waals surface area contributed by atoms with Crippen LogP contribution >= 0.6 is 0 Å². The monoisotopic (exact) mass is 162 g/mol. The van der Waals surface area contributed by atoms with Gasteiger partial charge in [0.15, 0.2) is 0 Å². The summed E-state index contributed by atoms with van der Waals surface area (Å²) in [5.74, 6) is 0.524. The summed E-state index contributed by atoms with van der Waals surface area (Å²) in [6.07, 6.45) is 3.89. The van der Waals surface area contributed by atoms with Crippen LogP contribution in [0.15, 0.2) is 24.7 Å². The molecule has 0 aliphatic carbocycles. The highest BCUT2D eigenvalue weighted by molar-refractivity contribution is 5.39. The third-order valence-corrected chi connectivity index (χ3v) is 1.87. The number of aromatic nitrogens is 2. The Morgan fingerprint density at radius 1 is 1.67 bits per heavy atom. The van der Waals surface area contributed by atoms with Crippen molar-refractivity contribution >= 4 is 5.70 Å². The molecule has 0 atom stereocenters. The molecule has 0 aliphatic rings. The average Bonchev–Trinajstić information content (AvgIpc) is 2.51. The Morgan fingerprint density at radius 3 is 2.75 bits per heavy atom. The smallest absolute Gasteiger partial charge is 0.0799 e. The van der Waals surface area contributed by atoms with E-state index < -0.39 is 0 Å². The maximum Gasteiger partial charge on any atom is 0.0799 e. The van der Waals surface area contributed by atoms with Crippen LogP contribution in [-0.2, 0) is 0 Å². The highest BCUT2D eigenvalue weighted by atomic mass is 15.3. The van der Waals surface area contributed by atoms with Gasteiger partial charge in [0.2, 0.25) is 0 Å². The second-order valence-electron chi connectivity index (χ2n) is 3.14. The van der Waals surface area contributed by atoms with Gasteiger partial charge in [-0.2, -0.15) is 5.10 Å². The minimum atomic E-state index is 0.524. The van der Waals surface area contributed by atoms with E-state index in [4.69, 9.17) is 0 Å². The van der Waals surface area contributed by atoms with E-state index in [1.165, 1.54) is 5.56 Å². The summed E-state index contributed by atoms with van der Waals surface area (Å²) in [6, 6.07) is 0. The summed E-state index contributed by atoms with van der Waals surface area (Å²) in [6.45, 7) is 9.80. The second kappa shape index (κ2) is 3.42. The lowest BCUT2D eigenvalue weighted by Gasteiger charge is -1.98. The maximum absolute atomic E-state index is 4.19. The van der Waals surface area contributed by atoms with Crippen LogP contribution in [0.25, 0.3) is 5.70 Å². The van der Waals surface area contributed by atoms with Gasteiger partial charge < -0.3 is 0 Å². The van der Waals surface area contributed by atoms with Crippen molar-refractivity contribution in [3.05, 3.63) is 30.3 Å². The van der Waals surface area contributed by atoms with E-state index in [0.29, 0.717) is 5.92 Å². The highest BCUT2D eigenvalue weighted by Gasteiger charge is 2.02. The number of allylic oxidation sites excluding steroid dienone is 1. The fourth-order valence-corrected chi connectivity index (χ4v) is 0.899. The molecule has 0 bridgehead atoms. The summed E-state index contributed by atoms with van der Waals surface area (Å²) >= 11 is 0. The summed E-state index contributed by atoms with van der Waals surface area (Å²) in [7, 11) is 0. The first-order valence-corrected chi connectivity index (χ1v) is 4.06. The molecule has 0 fully saturated rings.